The molecule has 0 spiro atoms. The number of nitrogens with zero attached hydrogens (tertiary/aromatic N) is 3. The first kappa shape index (κ1) is 23.2. The standard InChI is InChI=1S/C22H32N4O4S/c1-14(2)18-9-8-15(3)10-19(18)30-21(27)13-31-22-25-24-20(26(22)23)12-29-17-7-5-6-16(11-17)28-4/h5-7,11,14-15,18-19H,8-10,12-13,23H2,1-4H3/t15-,18-,19-/m1/s1. The normalized spacial score (nSPS) is 21.1. The minimum atomic E-state index is -0.244. The van der Waals surface area contributed by atoms with Crippen molar-refractivity contribution in [2.45, 2.75) is 57.9 Å². The second-order valence-electron chi connectivity index (χ2n) is 8.38. The van der Waals surface area contributed by atoms with Crippen LogP contribution in [0.3, 0.4) is 0 Å². The predicted molar refractivity (Wildman–Crippen MR) is 119 cm³/mol. The average molecular weight is 449 g/mol. The first-order valence-electron chi connectivity index (χ1n) is 10.7. The van der Waals surface area contributed by atoms with Gasteiger partial charge in [-0.1, -0.05) is 45.0 Å². The topological polar surface area (TPSA) is 101 Å². The molecule has 1 aromatic carbocycles. The number of rotatable bonds is 9. The number of hydrogen-bond donors (Lipinski definition) is 1. The summed E-state index contributed by atoms with van der Waals surface area (Å²) in [5.74, 6) is 9.29. The van der Waals surface area contributed by atoms with Crippen LogP contribution in [0.15, 0.2) is 29.4 Å². The van der Waals surface area contributed by atoms with Crippen LogP contribution in [0.1, 0.15) is 45.9 Å². The van der Waals surface area contributed by atoms with Gasteiger partial charge < -0.3 is 20.1 Å². The summed E-state index contributed by atoms with van der Waals surface area (Å²) >= 11 is 1.22. The number of hydrogen-bond acceptors (Lipinski definition) is 8. The Morgan fingerprint density at radius 1 is 1.29 bits per heavy atom. The molecule has 9 heteroatoms. The van der Waals surface area contributed by atoms with Crippen molar-refractivity contribution >= 4 is 17.7 Å². The van der Waals surface area contributed by atoms with Gasteiger partial charge in [-0.15, -0.1) is 10.2 Å². The molecule has 2 aromatic rings. The van der Waals surface area contributed by atoms with Gasteiger partial charge in [0.1, 0.15) is 24.2 Å². The molecule has 3 atom stereocenters. The van der Waals surface area contributed by atoms with Gasteiger partial charge in [0.05, 0.1) is 12.9 Å². The summed E-state index contributed by atoms with van der Waals surface area (Å²) in [4.78, 5) is 12.5. The molecule has 1 saturated carbocycles. The zero-order valence-corrected chi connectivity index (χ0v) is 19.4. The van der Waals surface area contributed by atoms with Crippen LogP contribution < -0.4 is 15.3 Å². The summed E-state index contributed by atoms with van der Waals surface area (Å²) in [5, 5.41) is 8.59. The fraction of sp³-hybridized carbons (Fsp3) is 0.591. The van der Waals surface area contributed by atoms with Crippen LogP contribution in [0.25, 0.3) is 0 Å². The second-order valence-corrected chi connectivity index (χ2v) is 9.32. The van der Waals surface area contributed by atoms with E-state index in [-0.39, 0.29) is 24.4 Å². The van der Waals surface area contributed by atoms with E-state index < -0.39 is 0 Å². The van der Waals surface area contributed by atoms with E-state index in [0.29, 0.717) is 40.2 Å². The van der Waals surface area contributed by atoms with Crippen molar-refractivity contribution in [3.63, 3.8) is 0 Å². The molecule has 0 unspecified atom stereocenters. The van der Waals surface area contributed by atoms with E-state index in [2.05, 4.69) is 31.0 Å². The molecular weight excluding hydrogens is 416 g/mol. The summed E-state index contributed by atoms with van der Waals surface area (Å²) in [6.45, 7) is 6.76. The average Bonchev–Trinajstić information content (AvgIpc) is 3.10. The molecule has 0 saturated heterocycles. The van der Waals surface area contributed by atoms with E-state index in [0.717, 1.165) is 12.8 Å². The molecular formula is C22H32N4O4S. The Labute approximate surface area is 187 Å². The lowest BCUT2D eigenvalue weighted by Gasteiger charge is -2.36. The number of esters is 1. The van der Waals surface area contributed by atoms with Crippen LogP contribution in [0, 0.1) is 17.8 Å². The molecule has 3 rings (SSSR count). The number of nitrogen functional groups attached to an aromatic ring is 1. The second kappa shape index (κ2) is 10.7. The Bertz CT molecular complexity index is 873. The van der Waals surface area contributed by atoms with Gasteiger partial charge in [-0.2, -0.15) is 0 Å². The molecule has 8 nitrogen and oxygen atoms in total. The fourth-order valence-corrected chi connectivity index (χ4v) is 4.58. The molecule has 0 radical (unpaired) electrons. The van der Waals surface area contributed by atoms with E-state index in [1.54, 1.807) is 13.2 Å². The third-order valence-corrected chi connectivity index (χ3v) is 6.62. The van der Waals surface area contributed by atoms with Gasteiger partial charge >= 0.3 is 5.97 Å². The van der Waals surface area contributed by atoms with Gasteiger partial charge in [0.2, 0.25) is 5.16 Å². The highest BCUT2D eigenvalue weighted by Gasteiger charge is 2.33. The Hall–Kier alpha value is -2.42. The zero-order valence-electron chi connectivity index (χ0n) is 18.6. The summed E-state index contributed by atoms with van der Waals surface area (Å²) < 4.78 is 18.1. The SMILES string of the molecule is COc1cccc(OCc2nnc(SCC(=O)O[C@@H]3C[C@H](C)CC[C@@H]3C(C)C)n2N)c1. The van der Waals surface area contributed by atoms with Gasteiger partial charge in [0.25, 0.3) is 0 Å². The third kappa shape index (κ3) is 6.29. The van der Waals surface area contributed by atoms with Crippen LogP contribution in [-0.4, -0.2) is 39.8 Å². The molecule has 1 aromatic heterocycles. The fourth-order valence-electron chi connectivity index (χ4n) is 3.92. The van der Waals surface area contributed by atoms with Gasteiger partial charge in [-0.3, -0.25) is 4.79 Å². The molecule has 1 fully saturated rings. The van der Waals surface area contributed by atoms with E-state index in [1.807, 2.05) is 18.2 Å². The number of nitrogens with two attached hydrogens (primary N) is 1. The maximum absolute atomic E-state index is 12.5. The van der Waals surface area contributed by atoms with Crippen molar-refractivity contribution in [3.05, 3.63) is 30.1 Å². The summed E-state index contributed by atoms with van der Waals surface area (Å²) in [6.07, 6.45) is 3.22. The maximum Gasteiger partial charge on any atom is 0.316 e. The molecule has 1 heterocycles. The summed E-state index contributed by atoms with van der Waals surface area (Å²) in [6, 6.07) is 7.27. The van der Waals surface area contributed by atoms with Crippen molar-refractivity contribution < 1.29 is 19.0 Å². The number of aromatic nitrogens is 3. The lowest BCUT2D eigenvalue weighted by molar-refractivity contribution is -0.152. The zero-order chi connectivity index (χ0) is 22.4. The molecule has 2 N–H and O–H groups in total. The van der Waals surface area contributed by atoms with Crippen LogP contribution >= 0.6 is 11.8 Å². The van der Waals surface area contributed by atoms with E-state index >= 15 is 0 Å². The van der Waals surface area contributed by atoms with E-state index in [9.17, 15) is 4.79 Å². The molecule has 1 aliphatic rings. The predicted octanol–water partition coefficient (Wildman–Crippen LogP) is 3.68. The Balaban J connectivity index is 1.51. The number of ether oxygens (including phenoxy) is 3. The molecule has 0 aliphatic heterocycles. The van der Waals surface area contributed by atoms with Crippen molar-refractivity contribution in [2.24, 2.45) is 17.8 Å². The smallest absolute Gasteiger partial charge is 0.316 e. The third-order valence-electron chi connectivity index (χ3n) is 5.71. The van der Waals surface area contributed by atoms with Crippen molar-refractivity contribution in [1.82, 2.24) is 14.9 Å². The minimum Gasteiger partial charge on any atom is -0.497 e. The monoisotopic (exact) mass is 448 g/mol. The molecule has 0 amide bonds. The van der Waals surface area contributed by atoms with Crippen LogP contribution in [-0.2, 0) is 16.1 Å². The highest BCUT2D eigenvalue weighted by Crippen LogP contribution is 2.35. The number of benzene rings is 1. The Morgan fingerprint density at radius 2 is 2.06 bits per heavy atom. The number of carbonyl (C=O) groups excluding carboxylic acids is 1. The van der Waals surface area contributed by atoms with Crippen molar-refractivity contribution in [1.29, 1.82) is 0 Å². The molecule has 1 aliphatic carbocycles. The lowest BCUT2D eigenvalue weighted by Crippen LogP contribution is -2.36. The first-order valence-corrected chi connectivity index (χ1v) is 11.6. The van der Waals surface area contributed by atoms with E-state index in [4.69, 9.17) is 20.1 Å². The number of carbonyl (C=O) groups is 1. The van der Waals surface area contributed by atoms with Crippen LogP contribution in [0.5, 0.6) is 11.5 Å². The Morgan fingerprint density at radius 3 is 2.81 bits per heavy atom. The van der Waals surface area contributed by atoms with Gasteiger partial charge in [-0.25, -0.2) is 4.68 Å². The first-order chi connectivity index (χ1) is 14.9. The molecule has 0 bridgehead atoms. The van der Waals surface area contributed by atoms with Gasteiger partial charge in [-0.05, 0) is 42.7 Å². The maximum atomic E-state index is 12.5. The highest BCUT2D eigenvalue weighted by molar-refractivity contribution is 7.99. The van der Waals surface area contributed by atoms with Gasteiger partial charge in [0.15, 0.2) is 5.82 Å². The van der Waals surface area contributed by atoms with Gasteiger partial charge in [0, 0.05) is 6.07 Å². The van der Waals surface area contributed by atoms with Crippen LogP contribution in [0.2, 0.25) is 0 Å². The van der Waals surface area contributed by atoms with E-state index in [1.165, 1.54) is 22.9 Å². The van der Waals surface area contributed by atoms with Crippen LogP contribution in [0.4, 0.5) is 0 Å². The number of methoxy groups -OCH3 is 1. The van der Waals surface area contributed by atoms with Crippen molar-refractivity contribution in [2.75, 3.05) is 18.7 Å². The lowest BCUT2D eigenvalue weighted by atomic mass is 9.75. The van der Waals surface area contributed by atoms with Crippen molar-refractivity contribution in [3.8, 4) is 11.5 Å². The quantitative estimate of drug-likeness (QED) is 0.352. The molecule has 170 valence electrons. The largest absolute Gasteiger partial charge is 0.497 e. The summed E-state index contributed by atoms with van der Waals surface area (Å²) in [5.41, 5.74) is 0. The minimum absolute atomic E-state index is 0.0144. The Kier molecular flexibility index (Phi) is 8.06. The summed E-state index contributed by atoms with van der Waals surface area (Å²) in [7, 11) is 1.60. The molecule has 31 heavy (non-hydrogen) atoms. The number of thioether (sulfide) groups is 1. The highest BCUT2D eigenvalue weighted by atomic mass is 32.2.